The highest BCUT2D eigenvalue weighted by molar-refractivity contribution is 9.10. The van der Waals surface area contributed by atoms with Crippen LogP contribution in [0.1, 0.15) is 29.4 Å². The van der Waals surface area contributed by atoms with Crippen molar-refractivity contribution in [1.82, 2.24) is 9.47 Å². The van der Waals surface area contributed by atoms with Crippen molar-refractivity contribution < 1.29 is 9.90 Å². The molecule has 1 aromatic rings. The first-order chi connectivity index (χ1) is 7.65. The molecule has 1 aliphatic carbocycles. The number of aliphatic hydroxyl groups is 1. The summed E-state index contributed by atoms with van der Waals surface area (Å²) in [6.45, 7) is 0.929. The Labute approximate surface area is 102 Å². The third-order valence-electron chi connectivity index (χ3n) is 3.12. The fourth-order valence-corrected chi connectivity index (χ4v) is 2.49. The van der Waals surface area contributed by atoms with E-state index in [0.717, 1.165) is 23.0 Å². The van der Waals surface area contributed by atoms with E-state index in [1.807, 2.05) is 12.3 Å². The number of aliphatic hydroxyl groups excluding tert-OH is 1. The highest BCUT2D eigenvalue weighted by atomic mass is 79.9. The van der Waals surface area contributed by atoms with E-state index in [0.29, 0.717) is 19.1 Å². The maximum absolute atomic E-state index is 12.1. The second-order valence-corrected chi connectivity index (χ2v) is 5.46. The van der Waals surface area contributed by atoms with E-state index >= 15 is 0 Å². The molecular formula is C11H13BrN2O2. The molecule has 2 fully saturated rings. The number of hydrogen-bond acceptors (Lipinski definition) is 2. The van der Waals surface area contributed by atoms with E-state index in [2.05, 4.69) is 20.5 Å². The van der Waals surface area contributed by atoms with Crippen molar-refractivity contribution in [1.29, 1.82) is 0 Å². The van der Waals surface area contributed by atoms with E-state index in [-0.39, 0.29) is 12.0 Å². The maximum Gasteiger partial charge on any atom is 0.270 e. The summed E-state index contributed by atoms with van der Waals surface area (Å²) in [4.78, 5) is 13.8. The number of carbonyl (C=O) groups excluding carboxylic acids is 1. The molecule has 5 heteroatoms. The van der Waals surface area contributed by atoms with Gasteiger partial charge in [0.15, 0.2) is 0 Å². The van der Waals surface area contributed by atoms with Crippen LogP contribution in [0.3, 0.4) is 0 Å². The first-order valence-electron chi connectivity index (χ1n) is 5.50. The lowest BCUT2D eigenvalue weighted by Crippen LogP contribution is -2.53. The number of amides is 1. The molecule has 1 amide bonds. The number of likely N-dealkylation sites (tertiary alicyclic amines) is 1. The van der Waals surface area contributed by atoms with Gasteiger partial charge in [-0.3, -0.25) is 4.79 Å². The number of nitrogens with zero attached hydrogens (tertiary/aromatic N) is 2. The molecule has 1 aromatic heterocycles. The third-order valence-corrected chi connectivity index (χ3v) is 3.56. The van der Waals surface area contributed by atoms with Crippen LogP contribution in [0.4, 0.5) is 0 Å². The quantitative estimate of drug-likeness (QED) is 0.892. The Hall–Kier alpha value is -0.810. The van der Waals surface area contributed by atoms with E-state index in [4.69, 9.17) is 0 Å². The molecule has 1 saturated carbocycles. The first-order valence-corrected chi connectivity index (χ1v) is 6.29. The van der Waals surface area contributed by atoms with Crippen molar-refractivity contribution in [3.8, 4) is 0 Å². The van der Waals surface area contributed by atoms with Gasteiger partial charge < -0.3 is 14.6 Å². The van der Waals surface area contributed by atoms with Gasteiger partial charge in [0, 0.05) is 29.8 Å². The van der Waals surface area contributed by atoms with E-state index in [9.17, 15) is 9.90 Å². The molecule has 1 saturated heterocycles. The van der Waals surface area contributed by atoms with E-state index in [1.165, 1.54) is 0 Å². The summed E-state index contributed by atoms with van der Waals surface area (Å²) in [5, 5.41) is 9.20. The summed E-state index contributed by atoms with van der Waals surface area (Å²) in [5.41, 5.74) is 0.737. The average molecular weight is 285 g/mol. The molecule has 0 radical (unpaired) electrons. The standard InChI is InChI=1S/C11H13BrN2O2/c12-7-3-10(14(4-7)8-1-2-8)11(16)13-5-9(15)6-13/h3-4,8-9,15H,1-2,5-6H2. The third kappa shape index (κ3) is 1.68. The molecule has 0 bridgehead atoms. The van der Waals surface area contributed by atoms with Crippen molar-refractivity contribution in [3.05, 3.63) is 22.4 Å². The Balaban J connectivity index is 1.84. The second-order valence-electron chi connectivity index (χ2n) is 4.55. The number of rotatable bonds is 2. The zero-order chi connectivity index (χ0) is 11.3. The summed E-state index contributed by atoms with van der Waals surface area (Å²) in [6, 6.07) is 2.36. The number of β-amino-alcohol motifs (C(OH)–C–C–N with tert-alkyl or cyclic N) is 1. The lowest BCUT2D eigenvalue weighted by molar-refractivity contribution is 0.00518. The SMILES string of the molecule is O=C(c1cc(Br)cn1C1CC1)N1CC(O)C1. The zero-order valence-corrected chi connectivity index (χ0v) is 10.4. The fourth-order valence-electron chi connectivity index (χ4n) is 2.05. The van der Waals surface area contributed by atoms with Gasteiger partial charge >= 0.3 is 0 Å². The van der Waals surface area contributed by atoms with Crippen molar-refractivity contribution in [2.45, 2.75) is 25.0 Å². The van der Waals surface area contributed by atoms with Crippen molar-refractivity contribution in [3.63, 3.8) is 0 Å². The van der Waals surface area contributed by atoms with Gasteiger partial charge in [-0.2, -0.15) is 0 Å². The molecule has 0 unspecified atom stereocenters. The topological polar surface area (TPSA) is 45.5 Å². The number of carbonyl (C=O) groups is 1. The smallest absolute Gasteiger partial charge is 0.270 e. The predicted octanol–water partition coefficient (Wildman–Crippen LogP) is 1.40. The summed E-state index contributed by atoms with van der Waals surface area (Å²) in [5.74, 6) is 0.0305. The van der Waals surface area contributed by atoms with Gasteiger partial charge in [-0.05, 0) is 34.8 Å². The zero-order valence-electron chi connectivity index (χ0n) is 8.77. The molecule has 1 aliphatic heterocycles. The van der Waals surface area contributed by atoms with E-state index in [1.54, 1.807) is 4.90 Å². The molecule has 2 heterocycles. The summed E-state index contributed by atoms with van der Waals surface area (Å²) < 4.78 is 3.00. The number of halogens is 1. The van der Waals surface area contributed by atoms with E-state index < -0.39 is 0 Å². The molecule has 86 valence electrons. The molecule has 0 spiro atoms. The Morgan fingerprint density at radius 2 is 2.12 bits per heavy atom. The van der Waals surface area contributed by atoms with Crippen LogP contribution in [-0.4, -0.2) is 39.7 Å². The minimum absolute atomic E-state index is 0.0305. The monoisotopic (exact) mass is 284 g/mol. The largest absolute Gasteiger partial charge is 0.389 e. The predicted molar refractivity (Wildman–Crippen MR) is 62.3 cm³/mol. The van der Waals surface area contributed by atoms with Crippen LogP contribution in [0.5, 0.6) is 0 Å². The molecule has 3 rings (SSSR count). The molecule has 0 aromatic carbocycles. The maximum atomic E-state index is 12.1. The Kier molecular flexibility index (Phi) is 2.33. The highest BCUT2D eigenvalue weighted by Gasteiger charge is 2.34. The molecule has 16 heavy (non-hydrogen) atoms. The van der Waals surface area contributed by atoms with Gasteiger partial charge in [-0.15, -0.1) is 0 Å². The fraction of sp³-hybridized carbons (Fsp3) is 0.545. The van der Waals surface area contributed by atoms with Crippen LogP contribution in [0.15, 0.2) is 16.7 Å². The molecule has 0 atom stereocenters. The lowest BCUT2D eigenvalue weighted by atomic mass is 10.1. The lowest BCUT2D eigenvalue weighted by Gasteiger charge is -2.35. The van der Waals surface area contributed by atoms with Crippen molar-refractivity contribution >= 4 is 21.8 Å². The van der Waals surface area contributed by atoms with Gasteiger partial charge in [-0.1, -0.05) is 0 Å². The minimum Gasteiger partial charge on any atom is -0.389 e. The Bertz CT molecular complexity index is 433. The molecule has 4 nitrogen and oxygen atoms in total. The minimum atomic E-state index is -0.336. The van der Waals surface area contributed by atoms with Crippen molar-refractivity contribution in [2.75, 3.05) is 13.1 Å². The van der Waals surface area contributed by atoms with Crippen LogP contribution >= 0.6 is 15.9 Å². The normalized spacial score (nSPS) is 21.0. The van der Waals surface area contributed by atoms with Crippen LogP contribution in [-0.2, 0) is 0 Å². The highest BCUT2D eigenvalue weighted by Crippen LogP contribution is 2.37. The molecule has 1 N–H and O–H groups in total. The second kappa shape index (κ2) is 3.60. The number of aromatic nitrogens is 1. The first kappa shape index (κ1) is 10.4. The van der Waals surface area contributed by atoms with Crippen LogP contribution in [0.2, 0.25) is 0 Å². The molecule has 2 aliphatic rings. The van der Waals surface area contributed by atoms with Gasteiger partial charge in [-0.25, -0.2) is 0 Å². The number of hydrogen-bond donors (Lipinski definition) is 1. The van der Waals surface area contributed by atoms with Gasteiger partial charge in [0.1, 0.15) is 5.69 Å². The van der Waals surface area contributed by atoms with Crippen LogP contribution in [0.25, 0.3) is 0 Å². The van der Waals surface area contributed by atoms with Crippen LogP contribution < -0.4 is 0 Å². The Morgan fingerprint density at radius 3 is 2.69 bits per heavy atom. The van der Waals surface area contributed by atoms with Crippen molar-refractivity contribution in [2.24, 2.45) is 0 Å². The van der Waals surface area contributed by atoms with Gasteiger partial charge in [0.05, 0.1) is 6.10 Å². The van der Waals surface area contributed by atoms with Gasteiger partial charge in [0.25, 0.3) is 5.91 Å². The summed E-state index contributed by atoms with van der Waals surface area (Å²) in [6.07, 6.45) is 3.95. The van der Waals surface area contributed by atoms with Gasteiger partial charge in [0.2, 0.25) is 0 Å². The summed E-state index contributed by atoms with van der Waals surface area (Å²) in [7, 11) is 0. The average Bonchev–Trinajstić information content (AvgIpc) is 2.97. The Morgan fingerprint density at radius 1 is 1.44 bits per heavy atom. The van der Waals surface area contributed by atoms with Crippen LogP contribution in [0, 0.1) is 0 Å². The molecular weight excluding hydrogens is 272 g/mol. The summed E-state index contributed by atoms with van der Waals surface area (Å²) >= 11 is 3.41.